The van der Waals surface area contributed by atoms with Crippen molar-refractivity contribution in [3.8, 4) is 9.75 Å². The van der Waals surface area contributed by atoms with Crippen molar-refractivity contribution in [2.24, 2.45) is 5.41 Å². The molecule has 8 aromatic rings. The van der Waals surface area contributed by atoms with Crippen LogP contribution in [-0.4, -0.2) is 18.5 Å². The molecule has 0 saturated heterocycles. The molecule has 0 unspecified atom stereocenters. The first-order valence-electron chi connectivity index (χ1n) is 21.3. The Bertz CT molecular complexity index is 2380. The van der Waals surface area contributed by atoms with Crippen molar-refractivity contribution in [2.75, 3.05) is 18.5 Å². The van der Waals surface area contributed by atoms with Gasteiger partial charge in [-0.3, -0.25) is 11.8 Å². The molecule has 1 aliphatic rings. The van der Waals surface area contributed by atoms with Crippen molar-refractivity contribution >= 4 is 108 Å². The summed E-state index contributed by atoms with van der Waals surface area (Å²) in [5.41, 5.74) is 0.0756. The molecule has 0 bridgehead atoms. The maximum atomic E-state index is 5.34. The van der Waals surface area contributed by atoms with Crippen molar-refractivity contribution in [1.29, 1.82) is 0 Å². The van der Waals surface area contributed by atoms with Crippen molar-refractivity contribution in [1.82, 2.24) is 0 Å². The van der Waals surface area contributed by atoms with Crippen LogP contribution in [0.3, 0.4) is 0 Å². The molecule has 9 rings (SSSR count). The van der Waals surface area contributed by atoms with Gasteiger partial charge < -0.3 is 17.5 Å². The molecule has 326 valence electrons. The number of hydrogen-bond donors (Lipinski definition) is 0. The van der Waals surface area contributed by atoms with Crippen LogP contribution < -0.4 is 31.8 Å². The Hall–Kier alpha value is -3.84. The molecule has 0 amide bonds. The molecule has 2 aromatic heterocycles. The summed E-state index contributed by atoms with van der Waals surface area (Å²) in [6.07, 6.45) is 11.3. The topological polar surface area (TPSA) is 0 Å². The molecule has 0 N–H and O–H groups in total. The number of allylic oxidation sites excluding steroid dienone is 4. The molecular weight excluding hydrogens is 1010 g/mol. The van der Waals surface area contributed by atoms with Gasteiger partial charge in [0.25, 0.3) is 0 Å². The molecule has 3 heterocycles. The first kappa shape index (κ1) is 49.1. The van der Waals surface area contributed by atoms with E-state index in [1.807, 2.05) is 17.8 Å². The van der Waals surface area contributed by atoms with Gasteiger partial charge in [-0.2, -0.15) is 43.0 Å². The van der Waals surface area contributed by atoms with Crippen LogP contribution in [0.4, 0.5) is 0 Å². The first-order chi connectivity index (χ1) is 31.5. The van der Waals surface area contributed by atoms with Gasteiger partial charge in [0.05, 0.1) is 32.9 Å². The molecule has 0 atom stereocenters. The zero-order valence-electron chi connectivity index (χ0n) is 36.2. The summed E-state index contributed by atoms with van der Waals surface area (Å²) in [6.45, 7) is 6.30. The first-order valence-corrected chi connectivity index (χ1v) is 28.8. The fraction of sp³-hybridized carbons (Fsp3) is 0.0877. The van der Waals surface area contributed by atoms with Gasteiger partial charge in [0.2, 0.25) is 0 Å². The van der Waals surface area contributed by atoms with E-state index >= 15 is 0 Å². The van der Waals surface area contributed by atoms with Crippen LogP contribution in [-0.2, 0) is 32.1 Å². The van der Waals surface area contributed by atoms with Crippen molar-refractivity contribution < 1.29 is 19.5 Å². The number of thiophene rings is 2. The molecule has 0 radical (unpaired) electrons. The van der Waals surface area contributed by atoms with E-state index in [1.54, 1.807) is 29.2 Å². The monoisotopic (exact) mass is 1060 g/mol. The van der Waals surface area contributed by atoms with Gasteiger partial charge in [-0.15, -0.1) is 0 Å². The summed E-state index contributed by atoms with van der Waals surface area (Å²) < 4.78 is 0. The van der Waals surface area contributed by atoms with Crippen LogP contribution in [0.1, 0.15) is 11.8 Å². The Morgan fingerprint density at radius 1 is 0.600 bits per heavy atom. The van der Waals surface area contributed by atoms with E-state index < -0.39 is 23.8 Å². The summed E-state index contributed by atoms with van der Waals surface area (Å²) in [5, 5.41) is 10.9. The zero-order chi connectivity index (χ0) is 44.0. The zero-order valence-corrected chi connectivity index (χ0v) is 43.7. The molecule has 0 fully saturated rings. The average molecular weight is 1060 g/mol. The molecule has 0 nitrogen and oxygen atoms in total. The van der Waals surface area contributed by atoms with Crippen LogP contribution in [0.15, 0.2) is 240 Å². The van der Waals surface area contributed by atoms with Crippen LogP contribution in [0.5, 0.6) is 0 Å². The molecule has 0 aliphatic carbocycles. The van der Waals surface area contributed by atoms with Gasteiger partial charge in [-0.25, -0.2) is 17.7 Å². The quantitative estimate of drug-likeness (QED) is 0.0311. The van der Waals surface area contributed by atoms with Crippen LogP contribution in [0.2, 0.25) is 0 Å². The normalized spacial score (nSPS) is 13.0. The largest absolute Gasteiger partial charge is 3.00 e. The summed E-state index contributed by atoms with van der Waals surface area (Å²) in [5.74, 6) is 0. The molecule has 6 aromatic carbocycles. The van der Waals surface area contributed by atoms with Crippen LogP contribution in [0, 0.1) is 18.3 Å². The van der Waals surface area contributed by atoms with Gasteiger partial charge in [-0.05, 0) is 79.5 Å². The standard InChI is InChI=1S/C41H39P3.C16H12S4.Rh/c1-41(32-42(35-20-8-2-9-21-35)36-22-10-3-11-23-36,33-43(37-24-12-4-13-25-37)38-26-14-5-15-27-38)34-44(39-28-16-6-17-29-39)40-30-18-7-19-31-40;1-2-4-11(17)12-6-7-15(19-12)16-9-8-14(20-16)13-5-3-10-18-13;/h2-31H,32-34H2,1H3;2-10,17H,1H2;/q;-2;+3/p-1/b;12-11-;. The SMILES string of the molecule is C=C[CH-]/C([S-])=C1\[CH-]C=C(c2cc[c-](-[c-]3ccc[s+]3)[s+]2)S1.CC(CP(c1ccccc1)c1ccccc1)(CP(c1ccccc1)c1ccccc1)CP(c1ccccc1)c1ccccc1.[Rh+3]. The third kappa shape index (κ3) is 13.4. The minimum Gasteiger partial charge on any atom is -0.882 e. The fourth-order valence-corrected chi connectivity index (χ4v) is 19.6. The van der Waals surface area contributed by atoms with Gasteiger partial charge in [0, 0.05) is 0 Å². The predicted octanol–water partition coefficient (Wildman–Crippen LogP) is 14.3. The Kier molecular flexibility index (Phi) is 18.7. The number of benzene rings is 6. The molecule has 1 aliphatic heterocycles. The minimum absolute atomic E-state index is 0. The van der Waals surface area contributed by atoms with E-state index in [0.29, 0.717) is 0 Å². The number of thioether (sulfide) groups is 1. The smallest absolute Gasteiger partial charge is 0.882 e. The van der Waals surface area contributed by atoms with E-state index in [1.165, 1.54) is 51.4 Å². The van der Waals surface area contributed by atoms with Gasteiger partial charge >= 0.3 is 19.5 Å². The third-order valence-electron chi connectivity index (χ3n) is 10.8. The summed E-state index contributed by atoms with van der Waals surface area (Å²) in [7, 11) is -1.66. The van der Waals surface area contributed by atoms with E-state index in [9.17, 15) is 0 Å². The Morgan fingerprint density at radius 3 is 1.32 bits per heavy atom. The molecule has 65 heavy (non-hydrogen) atoms. The second-order valence-corrected chi connectivity index (χ2v) is 25.8. The van der Waals surface area contributed by atoms with Gasteiger partial charge in [0.15, 0.2) is 0 Å². The number of rotatable bonds is 16. The van der Waals surface area contributed by atoms with E-state index in [2.05, 4.69) is 238 Å². The van der Waals surface area contributed by atoms with E-state index in [-0.39, 0.29) is 24.9 Å². The van der Waals surface area contributed by atoms with Gasteiger partial charge in [-0.1, -0.05) is 194 Å². The van der Waals surface area contributed by atoms with E-state index in [4.69, 9.17) is 12.6 Å². The van der Waals surface area contributed by atoms with E-state index in [0.717, 1.165) is 28.3 Å². The second-order valence-electron chi connectivity index (χ2n) is 15.7. The van der Waals surface area contributed by atoms with Crippen LogP contribution in [0.25, 0.3) is 14.7 Å². The number of hydrogen-bond acceptors (Lipinski definition) is 2. The predicted molar refractivity (Wildman–Crippen MR) is 296 cm³/mol. The molecule has 0 saturated carbocycles. The fourth-order valence-electron chi connectivity index (χ4n) is 7.75. The average Bonchev–Trinajstić information content (AvgIpc) is 4.18. The van der Waals surface area contributed by atoms with Crippen molar-refractivity contribution in [2.45, 2.75) is 6.92 Å². The maximum absolute atomic E-state index is 5.34. The molecule has 8 heteroatoms. The van der Waals surface area contributed by atoms with Crippen LogP contribution >= 0.6 is 58.2 Å². The summed E-state index contributed by atoms with van der Waals surface area (Å²) in [6, 6.07) is 76.4. The Balaban J connectivity index is 0.000000250. The summed E-state index contributed by atoms with van der Waals surface area (Å²) in [4.78, 5) is 7.20. The minimum atomic E-state index is -0.555. The Labute approximate surface area is 421 Å². The second kappa shape index (κ2) is 24.8. The van der Waals surface area contributed by atoms with Crippen molar-refractivity contribution in [3.05, 3.63) is 258 Å². The van der Waals surface area contributed by atoms with Crippen molar-refractivity contribution in [3.63, 3.8) is 0 Å². The molecule has 0 spiro atoms. The molecular formula is C57H50P3RhS4. The summed E-state index contributed by atoms with van der Waals surface area (Å²) >= 11 is 10.7. The Morgan fingerprint density at radius 2 is 0.985 bits per heavy atom. The van der Waals surface area contributed by atoms with Gasteiger partial charge in [0.1, 0.15) is 9.75 Å². The third-order valence-corrected chi connectivity index (χ3v) is 23.5. The maximum Gasteiger partial charge on any atom is 3.00 e.